The van der Waals surface area contributed by atoms with Gasteiger partial charge in [-0.3, -0.25) is 9.59 Å². The van der Waals surface area contributed by atoms with Gasteiger partial charge in [0.05, 0.1) is 5.92 Å². The molecule has 1 N–H and O–H groups in total. The smallest absolute Gasteiger partial charge is 0.308 e. The summed E-state index contributed by atoms with van der Waals surface area (Å²) in [6.45, 7) is 2.57. The molecule has 108 valence electrons. The molecule has 1 fully saturated rings. The monoisotopic (exact) mass is 277 g/mol. The van der Waals surface area contributed by atoms with Crippen LogP contribution >= 0.6 is 0 Å². The second-order valence-corrected chi connectivity index (χ2v) is 5.03. The van der Waals surface area contributed by atoms with Gasteiger partial charge in [-0.1, -0.05) is 18.2 Å². The Hall–Kier alpha value is -2.04. The average Bonchev–Trinajstić information content (AvgIpc) is 2.47. The molecule has 0 aromatic heterocycles. The van der Waals surface area contributed by atoms with Crippen LogP contribution in [-0.2, 0) is 9.59 Å². The summed E-state index contributed by atoms with van der Waals surface area (Å²) in [5, 5.41) is 9.04. The zero-order valence-electron chi connectivity index (χ0n) is 11.5. The fourth-order valence-corrected chi connectivity index (χ4v) is 2.39. The van der Waals surface area contributed by atoms with Crippen molar-refractivity contribution in [2.24, 2.45) is 5.92 Å². The summed E-state index contributed by atoms with van der Waals surface area (Å²) in [6.07, 6.45) is 0.748. The molecule has 1 aromatic rings. The molecule has 1 unspecified atom stereocenters. The van der Waals surface area contributed by atoms with Gasteiger partial charge in [0.25, 0.3) is 5.91 Å². The molecule has 1 aliphatic heterocycles. The van der Waals surface area contributed by atoms with Gasteiger partial charge >= 0.3 is 5.97 Å². The quantitative estimate of drug-likeness (QED) is 0.911. The number of amides is 1. The van der Waals surface area contributed by atoms with E-state index in [4.69, 9.17) is 9.84 Å². The van der Waals surface area contributed by atoms with Crippen molar-refractivity contribution in [1.29, 1.82) is 0 Å². The van der Waals surface area contributed by atoms with Crippen molar-refractivity contribution in [1.82, 2.24) is 4.90 Å². The second-order valence-electron chi connectivity index (χ2n) is 5.03. The molecule has 2 rings (SSSR count). The van der Waals surface area contributed by atoms with Gasteiger partial charge in [-0.15, -0.1) is 0 Å². The standard InChI is InChI=1S/C15H19NO4/c1-11(20-13-7-3-2-4-8-13)14(17)16-9-5-6-12(10-16)15(18)19/h2-4,7-8,11-12H,5-6,9-10H2,1H3,(H,18,19)/t11?,12-/m0/s1. The zero-order chi connectivity index (χ0) is 14.5. The van der Waals surface area contributed by atoms with E-state index in [0.29, 0.717) is 18.7 Å². The first-order chi connectivity index (χ1) is 9.58. The van der Waals surface area contributed by atoms with E-state index >= 15 is 0 Å². The molecular weight excluding hydrogens is 258 g/mol. The number of hydrogen-bond acceptors (Lipinski definition) is 3. The largest absolute Gasteiger partial charge is 0.481 e. The number of carbonyl (C=O) groups is 2. The van der Waals surface area contributed by atoms with Gasteiger partial charge in [0.2, 0.25) is 0 Å². The number of carbonyl (C=O) groups excluding carboxylic acids is 1. The van der Waals surface area contributed by atoms with Crippen LogP contribution in [0.25, 0.3) is 0 Å². The van der Waals surface area contributed by atoms with E-state index in [2.05, 4.69) is 0 Å². The molecule has 0 aliphatic carbocycles. The van der Waals surface area contributed by atoms with Crippen molar-refractivity contribution in [3.05, 3.63) is 30.3 Å². The van der Waals surface area contributed by atoms with Gasteiger partial charge in [-0.2, -0.15) is 0 Å². The minimum atomic E-state index is -0.834. The van der Waals surface area contributed by atoms with E-state index in [1.807, 2.05) is 18.2 Å². The number of para-hydroxylation sites is 1. The Kier molecular flexibility index (Phi) is 4.61. The lowest BCUT2D eigenvalue weighted by molar-refractivity contribution is -0.147. The molecule has 0 spiro atoms. The topological polar surface area (TPSA) is 66.8 Å². The summed E-state index contributed by atoms with van der Waals surface area (Å²) < 4.78 is 5.59. The fourth-order valence-electron chi connectivity index (χ4n) is 2.39. The van der Waals surface area contributed by atoms with Gasteiger partial charge < -0.3 is 14.7 Å². The third kappa shape index (κ3) is 3.50. The van der Waals surface area contributed by atoms with Crippen molar-refractivity contribution in [3.8, 4) is 5.75 Å². The molecule has 1 aromatic carbocycles. The number of hydrogen-bond donors (Lipinski definition) is 1. The highest BCUT2D eigenvalue weighted by Crippen LogP contribution is 2.19. The molecular formula is C15H19NO4. The Balaban J connectivity index is 1.94. The molecule has 1 aliphatic rings. The molecule has 0 radical (unpaired) electrons. The third-order valence-corrected chi connectivity index (χ3v) is 3.49. The van der Waals surface area contributed by atoms with Crippen molar-refractivity contribution in [2.75, 3.05) is 13.1 Å². The number of piperidine rings is 1. The van der Waals surface area contributed by atoms with Gasteiger partial charge in [-0.25, -0.2) is 0 Å². The number of aliphatic carboxylic acids is 1. The van der Waals surface area contributed by atoms with Crippen LogP contribution in [0.5, 0.6) is 5.75 Å². The van der Waals surface area contributed by atoms with E-state index in [9.17, 15) is 9.59 Å². The lowest BCUT2D eigenvalue weighted by atomic mass is 9.98. The Morgan fingerprint density at radius 1 is 1.35 bits per heavy atom. The molecule has 1 heterocycles. The van der Waals surface area contributed by atoms with Crippen molar-refractivity contribution < 1.29 is 19.4 Å². The molecule has 2 atom stereocenters. The molecule has 0 bridgehead atoms. The van der Waals surface area contributed by atoms with Crippen LogP contribution in [0, 0.1) is 5.92 Å². The number of nitrogens with zero attached hydrogens (tertiary/aromatic N) is 1. The van der Waals surface area contributed by atoms with Crippen LogP contribution in [0.15, 0.2) is 30.3 Å². The summed E-state index contributed by atoms with van der Waals surface area (Å²) in [4.78, 5) is 24.9. The highest BCUT2D eigenvalue weighted by Gasteiger charge is 2.30. The minimum absolute atomic E-state index is 0.153. The van der Waals surface area contributed by atoms with Crippen LogP contribution in [-0.4, -0.2) is 41.1 Å². The summed E-state index contributed by atoms with van der Waals surface area (Å²) in [7, 11) is 0. The molecule has 5 nitrogen and oxygen atoms in total. The molecule has 20 heavy (non-hydrogen) atoms. The van der Waals surface area contributed by atoms with Crippen LogP contribution in [0.4, 0.5) is 0 Å². The van der Waals surface area contributed by atoms with Gasteiger partial charge in [0.15, 0.2) is 6.10 Å². The predicted octanol–water partition coefficient (Wildman–Crippen LogP) is 1.78. The predicted molar refractivity (Wildman–Crippen MR) is 73.5 cm³/mol. The number of likely N-dealkylation sites (tertiary alicyclic amines) is 1. The third-order valence-electron chi connectivity index (χ3n) is 3.49. The number of carboxylic acids is 1. The van der Waals surface area contributed by atoms with Gasteiger partial charge in [0.1, 0.15) is 5.75 Å². The van der Waals surface area contributed by atoms with Gasteiger partial charge in [0, 0.05) is 13.1 Å². The molecule has 1 amide bonds. The molecule has 1 saturated heterocycles. The lowest BCUT2D eigenvalue weighted by Gasteiger charge is -2.32. The maximum absolute atomic E-state index is 12.3. The second kappa shape index (κ2) is 6.41. The average molecular weight is 277 g/mol. The summed E-state index contributed by atoms with van der Waals surface area (Å²) in [5.41, 5.74) is 0. The van der Waals surface area contributed by atoms with Crippen molar-refractivity contribution in [2.45, 2.75) is 25.9 Å². The first-order valence-electron chi connectivity index (χ1n) is 6.81. The van der Waals surface area contributed by atoms with Crippen LogP contribution in [0.3, 0.4) is 0 Å². The highest BCUT2D eigenvalue weighted by molar-refractivity contribution is 5.82. The minimum Gasteiger partial charge on any atom is -0.481 e. The normalized spacial score (nSPS) is 20.2. The Morgan fingerprint density at radius 2 is 2.05 bits per heavy atom. The van der Waals surface area contributed by atoms with Crippen LogP contribution in [0.2, 0.25) is 0 Å². The number of benzene rings is 1. The summed E-state index contributed by atoms with van der Waals surface area (Å²) in [5.74, 6) is -0.810. The number of carboxylic acid groups (broad SMARTS) is 1. The number of ether oxygens (including phenoxy) is 1. The van der Waals surface area contributed by atoms with E-state index in [0.717, 1.165) is 6.42 Å². The Bertz CT molecular complexity index is 474. The first-order valence-corrected chi connectivity index (χ1v) is 6.81. The zero-order valence-corrected chi connectivity index (χ0v) is 11.5. The van der Waals surface area contributed by atoms with E-state index in [-0.39, 0.29) is 12.5 Å². The van der Waals surface area contributed by atoms with Gasteiger partial charge in [-0.05, 0) is 31.9 Å². The van der Waals surface area contributed by atoms with E-state index in [1.165, 1.54) is 0 Å². The Morgan fingerprint density at radius 3 is 2.70 bits per heavy atom. The SMILES string of the molecule is CC(Oc1ccccc1)C(=O)N1CCC[C@H](C(=O)O)C1. The highest BCUT2D eigenvalue weighted by atomic mass is 16.5. The van der Waals surface area contributed by atoms with Crippen LogP contribution in [0.1, 0.15) is 19.8 Å². The fraction of sp³-hybridized carbons (Fsp3) is 0.467. The van der Waals surface area contributed by atoms with Crippen molar-refractivity contribution >= 4 is 11.9 Å². The molecule has 0 saturated carbocycles. The molecule has 5 heteroatoms. The van der Waals surface area contributed by atoms with E-state index < -0.39 is 18.0 Å². The summed E-state index contributed by atoms with van der Waals surface area (Å²) >= 11 is 0. The van der Waals surface area contributed by atoms with Crippen molar-refractivity contribution in [3.63, 3.8) is 0 Å². The maximum Gasteiger partial charge on any atom is 0.308 e. The maximum atomic E-state index is 12.3. The lowest BCUT2D eigenvalue weighted by Crippen LogP contribution is -2.47. The summed E-state index contributed by atoms with van der Waals surface area (Å²) in [6, 6.07) is 9.14. The van der Waals surface area contributed by atoms with E-state index in [1.54, 1.807) is 24.0 Å². The number of rotatable bonds is 4. The Labute approximate surface area is 118 Å². The first kappa shape index (κ1) is 14.4. The van der Waals surface area contributed by atoms with Crippen LogP contribution < -0.4 is 4.74 Å².